The Morgan fingerprint density at radius 2 is 1.88 bits per heavy atom. The number of carbonyl (C=O) groups excluding carboxylic acids is 1. The van der Waals surface area contributed by atoms with Crippen LogP contribution in [0.25, 0.3) is 0 Å². The number of amides is 1. The highest BCUT2D eigenvalue weighted by molar-refractivity contribution is 6.30. The molecule has 0 atom stereocenters. The van der Waals surface area contributed by atoms with E-state index in [9.17, 15) is 4.79 Å². The van der Waals surface area contributed by atoms with Crippen LogP contribution in [0.4, 0.5) is 17.2 Å². The lowest BCUT2D eigenvalue weighted by atomic mass is 10.2. The van der Waals surface area contributed by atoms with E-state index in [1.165, 1.54) is 6.33 Å². The van der Waals surface area contributed by atoms with Gasteiger partial charge < -0.3 is 15.4 Å². The molecule has 0 aliphatic rings. The molecule has 2 aromatic carbocycles. The van der Waals surface area contributed by atoms with Crippen molar-refractivity contribution in [3.05, 3.63) is 71.1 Å². The van der Waals surface area contributed by atoms with Crippen molar-refractivity contribution >= 4 is 34.7 Å². The lowest BCUT2D eigenvalue weighted by Gasteiger charge is -2.11. The lowest BCUT2D eigenvalue weighted by Crippen LogP contribution is -2.15. The number of nitrogens with one attached hydrogen (secondary N) is 2. The third-order valence-corrected chi connectivity index (χ3v) is 3.94. The molecular weight excluding hydrogens is 352 g/mol. The average molecular weight is 369 g/mol. The van der Waals surface area contributed by atoms with Crippen LogP contribution in [-0.4, -0.2) is 23.0 Å². The third kappa shape index (κ3) is 4.10. The smallest absolute Gasteiger partial charge is 0.274 e. The van der Waals surface area contributed by atoms with Crippen molar-refractivity contribution in [2.75, 3.05) is 17.7 Å². The predicted octanol–water partition coefficient (Wildman–Crippen LogP) is 4.44. The topological polar surface area (TPSA) is 76.1 Å². The molecule has 1 amide bonds. The molecule has 132 valence electrons. The van der Waals surface area contributed by atoms with E-state index in [1.807, 2.05) is 31.2 Å². The number of hydrogen-bond acceptors (Lipinski definition) is 5. The molecule has 0 bridgehead atoms. The predicted molar refractivity (Wildman–Crippen MR) is 102 cm³/mol. The summed E-state index contributed by atoms with van der Waals surface area (Å²) in [5.74, 6) is 0.831. The van der Waals surface area contributed by atoms with Gasteiger partial charge in [-0.15, -0.1) is 0 Å². The third-order valence-electron chi connectivity index (χ3n) is 3.71. The molecule has 0 unspecified atom stereocenters. The van der Waals surface area contributed by atoms with E-state index in [-0.39, 0.29) is 11.6 Å². The first kappa shape index (κ1) is 17.7. The normalized spacial score (nSPS) is 10.3. The highest BCUT2D eigenvalue weighted by Gasteiger charge is 2.11. The molecule has 3 rings (SSSR count). The SMILES string of the molecule is COc1ccccc1Nc1cc(C(=O)Nc2ccc(Cl)cc2C)ncn1. The Bertz CT molecular complexity index is 946. The molecule has 0 saturated heterocycles. The van der Waals surface area contributed by atoms with E-state index in [0.717, 1.165) is 11.3 Å². The number of nitrogens with zero attached hydrogens (tertiary/aromatic N) is 2. The van der Waals surface area contributed by atoms with E-state index in [4.69, 9.17) is 16.3 Å². The Hall–Kier alpha value is -3.12. The monoisotopic (exact) mass is 368 g/mol. The molecule has 7 heteroatoms. The molecule has 3 aromatic rings. The van der Waals surface area contributed by atoms with E-state index in [2.05, 4.69) is 20.6 Å². The van der Waals surface area contributed by atoms with Crippen LogP contribution in [0.5, 0.6) is 5.75 Å². The maximum Gasteiger partial charge on any atom is 0.274 e. The van der Waals surface area contributed by atoms with E-state index in [1.54, 1.807) is 31.4 Å². The number of hydrogen-bond donors (Lipinski definition) is 2. The van der Waals surface area contributed by atoms with E-state index < -0.39 is 0 Å². The number of carbonyl (C=O) groups is 1. The van der Waals surface area contributed by atoms with Crippen molar-refractivity contribution in [2.45, 2.75) is 6.92 Å². The average Bonchev–Trinajstić information content (AvgIpc) is 2.64. The molecule has 6 nitrogen and oxygen atoms in total. The number of aromatic nitrogens is 2. The maximum atomic E-state index is 12.5. The largest absolute Gasteiger partial charge is 0.495 e. The second-order valence-electron chi connectivity index (χ2n) is 5.53. The molecule has 0 saturated carbocycles. The number of benzene rings is 2. The van der Waals surface area contributed by atoms with Gasteiger partial charge in [0.1, 0.15) is 23.6 Å². The van der Waals surface area contributed by atoms with Crippen LogP contribution in [0.1, 0.15) is 16.1 Å². The van der Waals surface area contributed by atoms with Crippen LogP contribution in [0.15, 0.2) is 54.9 Å². The standard InChI is InChI=1S/C19H17ClN4O2/c1-12-9-13(20)7-8-14(12)24-19(25)16-10-18(22-11-21-16)23-15-5-3-4-6-17(15)26-2/h3-11H,1-2H3,(H,24,25)(H,21,22,23). The Balaban J connectivity index is 1.79. The van der Waals surface area contributed by atoms with Crippen LogP contribution < -0.4 is 15.4 Å². The molecule has 1 heterocycles. The highest BCUT2D eigenvalue weighted by atomic mass is 35.5. The van der Waals surface area contributed by atoms with Gasteiger partial charge in [-0.3, -0.25) is 4.79 Å². The van der Waals surface area contributed by atoms with Gasteiger partial charge in [-0.1, -0.05) is 23.7 Å². The van der Waals surface area contributed by atoms with E-state index >= 15 is 0 Å². The number of aryl methyl sites for hydroxylation is 1. The Morgan fingerprint density at radius 3 is 2.65 bits per heavy atom. The fourth-order valence-corrected chi connectivity index (χ4v) is 2.62. The zero-order chi connectivity index (χ0) is 18.5. The van der Waals surface area contributed by atoms with Crippen molar-refractivity contribution in [3.8, 4) is 5.75 Å². The fraction of sp³-hybridized carbons (Fsp3) is 0.105. The van der Waals surface area contributed by atoms with Crippen molar-refractivity contribution in [3.63, 3.8) is 0 Å². The minimum atomic E-state index is -0.333. The van der Waals surface area contributed by atoms with Gasteiger partial charge in [-0.25, -0.2) is 9.97 Å². The minimum Gasteiger partial charge on any atom is -0.495 e. The summed E-state index contributed by atoms with van der Waals surface area (Å²) in [5, 5.41) is 6.57. The number of ether oxygens (including phenoxy) is 1. The Labute approximate surface area is 156 Å². The van der Waals surface area contributed by atoms with Gasteiger partial charge in [0.05, 0.1) is 12.8 Å². The van der Waals surface area contributed by atoms with Crippen molar-refractivity contribution in [2.24, 2.45) is 0 Å². The summed E-state index contributed by atoms with van der Waals surface area (Å²) in [7, 11) is 1.59. The summed E-state index contributed by atoms with van der Waals surface area (Å²) in [5.41, 5.74) is 2.53. The van der Waals surface area contributed by atoms with Gasteiger partial charge in [0.15, 0.2) is 0 Å². The summed E-state index contributed by atoms with van der Waals surface area (Å²) < 4.78 is 5.30. The summed E-state index contributed by atoms with van der Waals surface area (Å²) >= 11 is 5.94. The van der Waals surface area contributed by atoms with Gasteiger partial charge in [-0.05, 0) is 42.8 Å². The van der Waals surface area contributed by atoms with Crippen molar-refractivity contribution in [1.82, 2.24) is 9.97 Å². The van der Waals surface area contributed by atoms with Crippen molar-refractivity contribution < 1.29 is 9.53 Å². The maximum absolute atomic E-state index is 12.5. The molecular formula is C19H17ClN4O2. The second kappa shape index (κ2) is 7.84. The molecule has 0 spiro atoms. The van der Waals surface area contributed by atoms with Gasteiger partial charge in [-0.2, -0.15) is 0 Å². The molecule has 26 heavy (non-hydrogen) atoms. The second-order valence-corrected chi connectivity index (χ2v) is 5.96. The summed E-state index contributed by atoms with van der Waals surface area (Å²) in [4.78, 5) is 20.7. The number of methoxy groups -OCH3 is 1. The van der Waals surface area contributed by atoms with Crippen LogP contribution >= 0.6 is 11.6 Å². The van der Waals surface area contributed by atoms with Gasteiger partial charge >= 0.3 is 0 Å². The lowest BCUT2D eigenvalue weighted by molar-refractivity contribution is 0.102. The van der Waals surface area contributed by atoms with Crippen molar-refractivity contribution in [1.29, 1.82) is 0 Å². The van der Waals surface area contributed by atoms with Crippen LogP contribution in [0.3, 0.4) is 0 Å². The number of para-hydroxylation sites is 2. The van der Waals surface area contributed by atoms with Crippen LogP contribution in [-0.2, 0) is 0 Å². The van der Waals surface area contributed by atoms with Gasteiger partial charge in [0.2, 0.25) is 0 Å². The summed E-state index contributed by atoms with van der Waals surface area (Å²) in [6, 6.07) is 14.3. The fourth-order valence-electron chi connectivity index (χ4n) is 2.39. The minimum absolute atomic E-state index is 0.242. The summed E-state index contributed by atoms with van der Waals surface area (Å²) in [6.45, 7) is 1.87. The highest BCUT2D eigenvalue weighted by Crippen LogP contribution is 2.26. The van der Waals surface area contributed by atoms with Gasteiger partial charge in [0, 0.05) is 16.8 Å². The molecule has 0 aliphatic heterocycles. The molecule has 0 aliphatic carbocycles. The first-order valence-electron chi connectivity index (χ1n) is 7.86. The zero-order valence-corrected chi connectivity index (χ0v) is 15.0. The first-order chi connectivity index (χ1) is 12.6. The summed E-state index contributed by atoms with van der Waals surface area (Å²) in [6.07, 6.45) is 1.33. The quantitative estimate of drug-likeness (QED) is 0.696. The van der Waals surface area contributed by atoms with Crippen LogP contribution in [0, 0.1) is 6.92 Å². The molecule has 0 radical (unpaired) electrons. The van der Waals surface area contributed by atoms with Crippen LogP contribution in [0.2, 0.25) is 5.02 Å². The molecule has 0 fully saturated rings. The Morgan fingerprint density at radius 1 is 1.08 bits per heavy atom. The van der Waals surface area contributed by atoms with E-state index in [0.29, 0.717) is 22.3 Å². The number of halogens is 1. The first-order valence-corrected chi connectivity index (χ1v) is 8.24. The molecule has 1 aromatic heterocycles. The number of anilines is 3. The Kier molecular flexibility index (Phi) is 5.34. The zero-order valence-electron chi connectivity index (χ0n) is 14.3. The molecule has 2 N–H and O–H groups in total. The number of rotatable bonds is 5. The van der Waals surface area contributed by atoms with Gasteiger partial charge in [0.25, 0.3) is 5.91 Å².